The van der Waals surface area contributed by atoms with Crippen molar-refractivity contribution in [1.29, 1.82) is 0 Å². The molecule has 1 aromatic carbocycles. The topological polar surface area (TPSA) is 58.3 Å². The molecule has 0 saturated carbocycles. The highest BCUT2D eigenvalue weighted by molar-refractivity contribution is 9.10. The van der Waals surface area contributed by atoms with Gasteiger partial charge in [-0.05, 0) is 17.7 Å². The van der Waals surface area contributed by atoms with Gasteiger partial charge in [-0.3, -0.25) is 4.99 Å². The van der Waals surface area contributed by atoms with Gasteiger partial charge in [0.15, 0.2) is 5.96 Å². The Bertz CT molecular complexity index is 634. The van der Waals surface area contributed by atoms with E-state index in [9.17, 15) is 0 Å². The molecule has 0 radical (unpaired) electrons. The minimum atomic E-state index is 0.780. The zero-order valence-electron chi connectivity index (χ0n) is 13.8. The molecule has 124 valence electrons. The van der Waals surface area contributed by atoms with Crippen molar-refractivity contribution < 1.29 is 0 Å². The largest absolute Gasteiger partial charge is 0.354 e. The Balaban J connectivity index is 1.85. The molecular formula is C16H23BrN6. The number of rotatable bonds is 6. The summed E-state index contributed by atoms with van der Waals surface area (Å²) in [4.78, 5) is 6.45. The van der Waals surface area contributed by atoms with Gasteiger partial charge in [-0.2, -0.15) is 0 Å². The second-order valence-corrected chi connectivity index (χ2v) is 6.17. The molecule has 0 atom stereocenters. The van der Waals surface area contributed by atoms with Gasteiger partial charge in [0.25, 0.3) is 0 Å². The van der Waals surface area contributed by atoms with E-state index < -0.39 is 0 Å². The zero-order chi connectivity index (χ0) is 16.7. The third kappa shape index (κ3) is 5.06. The van der Waals surface area contributed by atoms with Crippen LogP contribution in [0.3, 0.4) is 0 Å². The molecule has 2 rings (SSSR count). The molecule has 0 aliphatic heterocycles. The maximum Gasteiger partial charge on any atom is 0.193 e. The molecule has 0 bridgehead atoms. The van der Waals surface area contributed by atoms with Gasteiger partial charge in [-0.25, -0.2) is 0 Å². The van der Waals surface area contributed by atoms with E-state index in [1.807, 2.05) is 7.05 Å². The number of aliphatic imine (C=N–C) groups is 1. The first-order chi connectivity index (χ1) is 11.1. The van der Waals surface area contributed by atoms with Crippen LogP contribution in [0.4, 0.5) is 0 Å². The Morgan fingerprint density at radius 3 is 2.74 bits per heavy atom. The first kappa shape index (κ1) is 17.5. The maximum atomic E-state index is 4.34. The lowest BCUT2D eigenvalue weighted by atomic mass is 10.2. The van der Waals surface area contributed by atoms with Crippen molar-refractivity contribution in [2.75, 3.05) is 20.6 Å². The van der Waals surface area contributed by atoms with Crippen LogP contribution in [0.2, 0.25) is 0 Å². The fraction of sp³-hybridized carbons (Fsp3) is 0.438. The lowest BCUT2D eigenvalue weighted by Gasteiger charge is -2.22. The molecule has 1 aromatic heterocycles. The number of guanidine groups is 1. The standard InChI is InChI=1S/C16H23BrN6/c1-4-15-21-20-12-23(15)10-9-19-16(18-2)22(3)11-13-5-7-14(17)8-6-13/h5-8,12H,4,9-11H2,1-3H3,(H,18,19). The molecule has 6 nitrogen and oxygen atoms in total. The number of hydrogen-bond donors (Lipinski definition) is 1. The van der Waals surface area contributed by atoms with Crippen LogP contribution < -0.4 is 5.32 Å². The Morgan fingerprint density at radius 1 is 1.35 bits per heavy atom. The number of halogens is 1. The van der Waals surface area contributed by atoms with Crippen LogP contribution in [0, 0.1) is 0 Å². The highest BCUT2D eigenvalue weighted by Crippen LogP contribution is 2.11. The Morgan fingerprint density at radius 2 is 2.09 bits per heavy atom. The van der Waals surface area contributed by atoms with Crippen LogP contribution in [0.15, 0.2) is 40.1 Å². The van der Waals surface area contributed by atoms with Gasteiger partial charge in [0.2, 0.25) is 0 Å². The number of nitrogens with zero attached hydrogens (tertiary/aromatic N) is 5. The van der Waals surface area contributed by atoms with E-state index in [2.05, 4.69) is 77.1 Å². The van der Waals surface area contributed by atoms with E-state index in [4.69, 9.17) is 0 Å². The molecule has 0 saturated heterocycles. The van der Waals surface area contributed by atoms with Crippen LogP contribution in [-0.4, -0.2) is 46.3 Å². The third-order valence-electron chi connectivity index (χ3n) is 3.55. The monoisotopic (exact) mass is 378 g/mol. The summed E-state index contributed by atoms with van der Waals surface area (Å²) in [6.07, 6.45) is 2.66. The van der Waals surface area contributed by atoms with Gasteiger partial charge < -0.3 is 14.8 Å². The van der Waals surface area contributed by atoms with E-state index in [-0.39, 0.29) is 0 Å². The minimum Gasteiger partial charge on any atom is -0.354 e. The summed E-state index contributed by atoms with van der Waals surface area (Å²) in [6, 6.07) is 8.33. The summed E-state index contributed by atoms with van der Waals surface area (Å²) in [5.74, 6) is 1.88. The summed E-state index contributed by atoms with van der Waals surface area (Å²) in [6.45, 7) is 4.49. The fourth-order valence-electron chi connectivity index (χ4n) is 2.35. The van der Waals surface area contributed by atoms with Crippen molar-refractivity contribution in [3.05, 3.63) is 46.5 Å². The van der Waals surface area contributed by atoms with Crippen LogP contribution in [-0.2, 0) is 19.5 Å². The minimum absolute atomic E-state index is 0.780. The van der Waals surface area contributed by atoms with Gasteiger partial charge in [0, 0.05) is 44.6 Å². The molecule has 0 aliphatic rings. The SMILES string of the molecule is CCc1nncn1CCNC(=NC)N(C)Cc1ccc(Br)cc1. The smallest absolute Gasteiger partial charge is 0.193 e. The van der Waals surface area contributed by atoms with Crippen molar-refractivity contribution in [2.24, 2.45) is 4.99 Å². The molecule has 0 fully saturated rings. The Labute approximate surface area is 145 Å². The van der Waals surface area contributed by atoms with E-state index in [0.717, 1.165) is 42.3 Å². The van der Waals surface area contributed by atoms with E-state index in [1.54, 1.807) is 13.4 Å². The molecule has 0 aliphatic carbocycles. The van der Waals surface area contributed by atoms with Crippen molar-refractivity contribution in [2.45, 2.75) is 26.4 Å². The molecule has 2 aromatic rings. The third-order valence-corrected chi connectivity index (χ3v) is 4.08. The van der Waals surface area contributed by atoms with E-state index in [0.29, 0.717) is 0 Å². The first-order valence-electron chi connectivity index (χ1n) is 7.67. The Kier molecular flexibility index (Phi) is 6.58. The van der Waals surface area contributed by atoms with Gasteiger partial charge in [-0.1, -0.05) is 35.0 Å². The fourth-order valence-corrected chi connectivity index (χ4v) is 2.62. The predicted octanol–water partition coefficient (Wildman–Crippen LogP) is 2.31. The molecule has 0 unspecified atom stereocenters. The molecule has 1 heterocycles. The van der Waals surface area contributed by atoms with Crippen molar-refractivity contribution in [1.82, 2.24) is 25.0 Å². The molecule has 23 heavy (non-hydrogen) atoms. The number of hydrogen-bond acceptors (Lipinski definition) is 3. The van der Waals surface area contributed by atoms with Crippen molar-refractivity contribution in [3.63, 3.8) is 0 Å². The van der Waals surface area contributed by atoms with Crippen LogP contribution in [0.5, 0.6) is 0 Å². The maximum absolute atomic E-state index is 4.34. The average molecular weight is 379 g/mol. The lowest BCUT2D eigenvalue weighted by Crippen LogP contribution is -2.39. The van der Waals surface area contributed by atoms with E-state index >= 15 is 0 Å². The van der Waals surface area contributed by atoms with Crippen molar-refractivity contribution in [3.8, 4) is 0 Å². The zero-order valence-corrected chi connectivity index (χ0v) is 15.4. The normalized spacial score (nSPS) is 11.6. The second kappa shape index (κ2) is 8.67. The molecule has 0 amide bonds. The van der Waals surface area contributed by atoms with Crippen LogP contribution in [0.25, 0.3) is 0 Å². The Hall–Kier alpha value is -1.89. The van der Waals surface area contributed by atoms with Crippen LogP contribution >= 0.6 is 15.9 Å². The van der Waals surface area contributed by atoms with Gasteiger partial charge in [0.1, 0.15) is 12.2 Å². The summed E-state index contributed by atoms with van der Waals surface area (Å²) in [7, 11) is 3.84. The van der Waals surface area contributed by atoms with Crippen molar-refractivity contribution >= 4 is 21.9 Å². The average Bonchev–Trinajstić information content (AvgIpc) is 3.01. The van der Waals surface area contributed by atoms with Gasteiger partial charge in [-0.15, -0.1) is 10.2 Å². The molecule has 1 N–H and O–H groups in total. The molecular weight excluding hydrogens is 356 g/mol. The first-order valence-corrected chi connectivity index (χ1v) is 8.46. The summed E-state index contributed by atoms with van der Waals surface area (Å²) in [5.41, 5.74) is 1.24. The lowest BCUT2D eigenvalue weighted by molar-refractivity contribution is 0.472. The molecule has 0 spiro atoms. The van der Waals surface area contributed by atoms with Gasteiger partial charge >= 0.3 is 0 Å². The number of aryl methyl sites for hydroxylation is 1. The molecule has 7 heteroatoms. The summed E-state index contributed by atoms with van der Waals surface area (Å²) < 4.78 is 3.15. The van der Waals surface area contributed by atoms with Crippen LogP contribution in [0.1, 0.15) is 18.3 Å². The summed E-state index contributed by atoms with van der Waals surface area (Å²) in [5, 5.41) is 11.4. The quantitative estimate of drug-likeness (QED) is 0.618. The van der Waals surface area contributed by atoms with Gasteiger partial charge in [0.05, 0.1) is 0 Å². The highest BCUT2D eigenvalue weighted by Gasteiger charge is 2.07. The number of nitrogens with one attached hydrogen (secondary N) is 1. The highest BCUT2D eigenvalue weighted by atomic mass is 79.9. The summed E-state index contributed by atoms with van der Waals surface area (Å²) >= 11 is 3.46. The van der Waals surface area contributed by atoms with E-state index in [1.165, 1.54) is 5.56 Å². The second-order valence-electron chi connectivity index (χ2n) is 5.25. The number of aromatic nitrogens is 3. The predicted molar refractivity (Wildman–Crippen MR) is 96.4 cm³/mol. The number of benzene rings is 1.